The first-order valence-corrected chi connectivity index (χ1v) is 13.1. The van der Waals surface area contributed by atoms with Gasteiger partial charge in [-0.1, -0.05) is 68.3 Å². The number of hydrogen-bond donors (Lipinski definition) is 2. The Balaban J connectivity index is 2.58. The molecule has 3 atom stereocenters. The van der Waals surface area contributed by atoms with E-state index >= 15 is 0 Å². The summed E-state index contributed by atoms with van der Waals surface area (Å²) in [6.45, 7) is 18.9. The average molecular weight is 522 g/mol. The largest absolute Gasteiger partial charge is 0.444 e. The SMILES string of the molecule is C=CCN(C(=O)C(NC(=O)OC(C)(C)C)C(C)CC)C(C(=O)Nc1ccccc1C)c1ccc(C)cc1C. The maximum atomic E-state index is 14.2. The number of nitrogens with zero attached hydrogens (tertiary/aromatic N) is 1. The minimum absolute atomic E-state index is 0.112. The van der Waals surface area contributed by atoms with Crippen molar-refractivity contribution >= 4 is 23.6 Å². The van der Waals surface area contributed by atoms with Crippen molar-refractivity contribution in [1.29, 1.82) is 0 Å². The molecule has 0 aliphatic heterocycles. The number of rotatable bonds is 10. The third-order valence-corrected chi connectivity index (χ3v) is 6.44. The van der Waals surface area contributed by atoms with Crippen molar-refractivity contribution in [3.05, 3.63) is 77.4 Å². The number of carbonyl (C=O) groups excluding carboxylic acids is 3. The lowest BCUT2D eigenvalue weighted by Crippen LogP contribution is -2.54. The molecular weight excluding hydrogens is 478 g/mol. The molecule has 38 heavy (non-hydrogen) atoms. The van der Waals surface area contributed by atoms with Crippen molar-refractivity contribution in [2.24, 2.45) is 5.92 Å². The van der Waals surface area contributed by atoms with E-state index in [1.54, 1.807) is 26.8 Å². The predicted molar refractivity (Wildman–Crippen MR) is 153 cm³/mol. The Morgan fingerprint density at radius 1 is 1.05 bits per heavy atom. The van der Waals surface area contributed by atoms with Crippen LogP contribution in [0, 0.1) is 26.7 Å². The van der Waals surface area contributed by atoms with Crippen molar-refractivity contribution in [2.75, 3.05) is 11.9 Å². The third-order valence-electron chi connectivity index (χ3n) is 6.44. The monoisotopic (exact) mass is 521 g/mol. The summed E-state index contributed by atoms with van der Waals surface area (Å²) < 4.78 is 5.45. The standard InChI is InChI=1S/C31H43N3O4/c1-10-18-34(29(36)26(21(4)11-2)33-30(37)38-31(7,8)9)27(24-17-16-20(3)19-23(24)6)28(35)32-25-15-13-12-14-22(25)5/h10,12-17,19,21,26-27H,1,11,18H2,2-9H3,(H,32,35)(H,33,37). The van der Waals surface area contributed by atoms with Gasteiger partial charge in [-0.2, -0.15) is 0 Å². The Morgan fingerprint density at radius 3 is 2.26 bits per heavy atom. The van der Waals surface area contributed by atoms with Crippen LogP contribution < -0.4 is 10.6 Å². The lowest BCUT2D eigenvalue weighted by atomic mass is 9.93. The van der Waals surface area contributed by atoms with Crippen molar-refractivity contribution in [3.63, 3.8) is 0 Å². The number of aryl methyl sites for hydroxylation is 3. The summed E-state index contributed by atoms with van der Waals surface area (Å²) in [7, 11) is 0. The van der Waals surface area contributed by atoms with Crippen LogP contribution >= 0.6 is 0 Å². The molecule has 0 bridgehead atoms. The zero-order valence-corrected chi connectivity index (χ0v) is 24.1. The smallest absolute Gasteiger partial charge is 0.408 e. The van der Waals surface area contributed by atoms with Gasteiger partial charge in [-0.15, -0.1) is 6.58 Å². The molecule has 0 aliphatic rings. The van der Waals surface area contributed by atoms with Gasteiger partial charge in [0.2, 0.25) is 5.91 Å². The fourth-order valence-electron chi connectivity index (χ4n) is 4.26. The highest BCUT2D eigenvalue weighted by molar-refractivity contribution is 5.99. The highest BCUT2D eigenvalue weighted by Gasteiger charge is 2.38. The number of para-hydroxylation sites is 1. The first-order chi connectivity index (χ1) is 17.8. The van der Waals surface area contributed by atoms with E-state index in [1.807, 2.05) is 77.1 Å². The number of nitrogens with one attached hydrogen (secondary N) is 2. The highest BCUT2D eigenvalue weighted by atomic mass is 16.6. The molecule has 2 rings (SSSR count). The number of hydrogen-bond acceptors (Lipinski definition) is 4. The molecular formula is C31H43N3O4. The van der Waals surface area contributed by atoms with Gasteiger partial charge < -0.3 is 20.3 Å². The Morgan fingerprint density at radius 2 is 1.71 bits per heavy atom. The van der Waals surface area contributed by atoms with Gasteiger partial charge in [-0.3, -0.25) is 9.59 Å². The number of amides is 3. The second-order valence-electron chi connectivity index (χ2n) is 10.9. The molecule has 0 radical (unpaired) electrons. The molecule has 2 N–H and O–H groups in total. The van der Waals surface area contributed by atoms with Crippen LogP contribution in [0.25, 0.3) is 0 Å². The number of benzene rings is 2. The van der Waals surface area contributed by atoms with Gasteiger partial charge in [0, 0.05) is 12.2 Å². The summed E-state index contributed by atoms with van der Waals surface area (Å²) >= 11 is 0. The van der Waals surface area contributed by atoms with Crippen molar-refractivity contribution in [2.45, 2.75) is 79.5 Å². The molecule has 0 spiro atoms. The molecule has 3 unspecified atom stereocenters. The number of carbonyl (C=O) groups is 3. The van der Waals surface area contributed by atoms with E-state index < -0.39 is 23.8 Å². The fraction of sp³-hybridized carbons (Fsp3) is 0.452. The van der Waals surface area contributed by atoms with E-state index in [1.165, 1.54) is 4.90 Å². The van der Waals surface area contributed by atoms with Gasteiger partial charge in [0.25, 0.3) is 5.91 Å². The van der Waals surface area contributed by atoms with Crippen LogP contribution in [0.1, 0.15) is 69.3 Å². The maximum Gasteiger partial charge on any atom is 0.408 e. The van der Waals surface area contributed by atoms with Crippen LogP contribution in [0.2, 0.25) is 0 Å². The van der Waals surface area contributed by atoms with Crippen LogP contribution in [0.5, 0.6) is 0 Å². The van der Waals surface area contributed by atoms with Crippen LogP contribution in [-0.2, 0) is 14.3 Å². The molecule has 0 aromatic heterocycles. The lowest BCUT2D eigenvalue weighted by molar-refractivity contribution is -0.141. The van der Waals surface area contributed by atoms with E-state index in [0.717, 1.165) is 16.7 Å². The van der Waals surface area contributed by atoms with Crippen LogP contribution in [0.3, 0.4) is 0 Å². The lowest BCUT2D eigenvalue weighted by Gasteiger charge is -2.36. The summed E-state index contributed by atoms with van der Waals surface area (Å²) in [5, 5.41) is 5.79. The van der Waals surface area contributed by atoms with Crippen molar-refractivity contribution < 1.29 is 19.1 Å². The van der Waals surface area contributed by atoms with E-state index in [2.05, 4.69) is 17.2 Å². The summed E-state index contributed by atoms with van der Waals surface area (Å²) in [6, 6.07) is 11.5. The topological polar surface area (TPSA) is 87.7 Å². The minimum atomic E-state index is -0.951. The molecule has 0 saturated carbocycles. The first-order valence-electron chi connectivity index (χ1n) is 13.1. The second-order valence-corrected chi connectivity index (χ2v) is 10.9. The molecule has 0 fully saturated rings. The Hall–Kier alpha value is -3.61. The summed E-state index contributed by atoms with van der Waals surface area (Å²) in [6.07, 6.45) is 1.55. The quantitative estimate of drug-likeness (QED) is 0.362. The summed E-state index contributed by atoms with van der Waals surface area (Å²) in [5.41, 5.74) is 3.50. The molecule has 3 amide bonds. The Bertz CT molecular complexity index is 1150. The third kappa shape index (κ3) is 8.20. The fourth-order valence-corrected chi connectivity index (χ4v) is 4.26. The number of anilines is 1. The number of ether oxygens (including phenoxy) is 1. The Kier molecular flexibility index (Phi) is 10.7. The van der Waals surface area contributed by atoms with Gasteiger partial charge >= 0.3 is 6.09 Å². The van der Waals surface area contributed by atoms with E-state index in [0.29, 0.717) is 17.7 Å². The molecule has 0 saturated heterocycles. The van der Waals surface area contributed by atoms with Gasteiger partial charge in [0.05, 0.1) is 0 Å². The predicted octanol–water partition coefficient (Wildman–Crippen LogP) is 6.25. The van der Waals surface area contributed by atoms with Crippen LogP contribution in [0.4, 0.5) is 10.5 Å². The van der Waals surface area contributed by atoms with E-state index in [4.69, 9.17) is 4.74 Å². The normalized spacial score (nSPS) is 13.6. The molecule has 2 aromatic rings. The number of alkyl carbamates (subject to hydrolysis) is 1. The summed E-state index contributed by atoms with van der Waals surface area (Å²) in [4.78, 5) is 42.3. The van der Waals surface area contributed by atoms with Crippen LogP contribution in [0.15, 0.2) is 55.1 Å². The molecule has 0 heterocycles. The average Bonchev–Trinajstić information content (AvgIpc) is 2.83. The van der Waals surface area contributed by atoms with Crippen molar-refractivity contribution in [1.82, 2.24) is 10.2 Å². The molecule has 2 aromatic carbocycles. The van der Waals surface area contributed by atoms with Crippen LogP contribution in [-0.4, -0.2) is 41.0 Å². The molecule has 7 heteroatoms. The van der Waals surface area contributed by atoms with E-state index in [9.17, 15) is 14.4 Å². The first kappa shape index (κ1) is 30.6. The molecule has 0 aliphatic carbocycles. The van der Waals surface area contributed by atoms with Gasteiger partial charge in [0.15, 0.2) is 0 Å². The zero-order valence-electron chi connectivity index (χ0n) is 24.1. The van der Waals surface area contributed by atoms with Gasteiger partial charge in [0.1, 0.15) is 17.7 Å². The molecule has 7 nitrogen and oxygen atoms in total. The second kappa shape index (κ2) is 13.3. The zero-order chi connectivity index (χ0) is 28.6. The summed E-state index contributed by atoms with van der Waals surface area (Å²) in [5.74, 6) is -0.932. The maximum absolute atomic E-state index is 14.2. The van der Waals surface area contributed by atoms with Gasteiger partial charge in [-0.25, -0.2) is 4.79 Å². The molecule has 206 valence electrons. The Labute approximate surface area is 227 Å². The van der Waals surface area contributed by atoms with E-state index in [-0.39, 0.29) is 24.3 Å². The highest BCUT2D eigenvalue weighted by Crippen LogP contribution is 2.29. The van der Waals surface area contributed by atoms with Crippen molar-refractivity contribution in [3.8, 4) is 0 Å². The van der Waals surface area contributed by atoms with Gasteiger partial charge in [-0.05, 0) is 70.2 Å². The minimum Gasteiger partial charge on any atom is -0.444 e.